The van der Waals surface area contributed by atoms with Crippen LogP contribution < -0.4 is 4.90 Å². The van der Waals surface area contributed by atoms with Crippen LogP contribution in [-0.4, -0.2) is 4.57 Å². The fourth-order valence-corrected chi connectivity index (χ4v) is 11.2. The first-order chi connectivity index (χ1) is 33.2. The second kappa shape index (κ2) is 16.2. The van der Waals surface area contributed by atoms with Gasteiger partial charge in [-0.15, -0.1) is 11.3 Å². The zero-order chi connectivity index (χ0) is 44.3. The van der Waals surface area contributed by atoms with Crippen LogP contribution in [-0.2, 0) is 0 Å². The molecule has 0 saturated heterocycles. The predicted octanol–water partition coefficient (Wildman–Crippen LogP) is 18.4. The Kier molecular flexibility index (Phi) is 9.40. The maximum Gasteiger partial charge on any atom is 0.0541 e. The van der Waals surface area contributed by atoms with Crippen LogP contribution >= 0.6 is 11.3 Å². The highest BCUT2D eigenvalue weighted by Gasteiger charge is 2.20. The second-order valence-electron chi connectivity index (χ2n) is 17.3. The summed E-state index contributed by atoms with van der Waals surface area (Å²) in [5, 5.41) is 7.51. The lowest BCUT2D eigenvalue weighted by atomic mass is 9.95. The van der Waals surface area contributed by atoms with Crippen LogP contribution in [0, 0.1) is 0 Å². The molecule has 0 atom stereocenters. The van der Waals surface area contributed by atoms with Crippen LogP contribution in [0.25, 0.3) is 103 Å². The van der Waals surface area contributed by atoms with Crippen molar-refractivity contribution < 1.29 is 0 Å². The summed E-state index contributed by atoms with van der Waals surface area (Å²) in [4.78, 5) is 2.42. The van der Waals surface area contributed by atoms with Crippen molar-refractivity contribution in [3.8, 4) is 50.2 Å². The van der Waals surface area contributed by atoms with Gasteiger partial charge >= 0.3 is 0 Å². The fraction of sp³-hybridized carbons (Fsp3) is 0. The highest BCUT2D eigenvalue weighted by molar-refractivity contribution is 7.25. The average molecular weight is 871 g/mol. The van der Waals surface area contributed by atoms with Crippen molar-refractivity contribution in [2.24, 2.45) is 0 Å². The van der Waals surface area contributed by atoms with Crippen LogP contribution in [0.2, 0.25) is 0 Å². The van der Waals surface area contributed by atoms with E-state index in [1.165, 1.54) is 97.3 Å². The number of aromatic nitrogens is 1. The predicted molar refractivity (Wildman–Crippen MR) is 288 cm³/mol. The summed E-state index contributed by atoms with van der Waals surface area (Å²) in [6.07, 6.45) is 0. The number of anilines is 3. The van der Waals surface area contributed by atoms with Gasteiger partial charge in [0.1, 0.15) is 0 Å². The summed E-state index contributed by atoms with van der Waals surface area (Å²) < 4.78 is 5.02. The van der Waals surface area contributed by atoms with E-state index in [1.54, 1.807) is 0 Å². The van der Waals surface area contributed by atoms with Gasteiger partial charge in [-0.3, -0.25) is 0 Å². The standard InChI is InChI=1S/C64H42N2S/c1-3-13-43(14-4-1)44-23-25-45(26-24-44)46-27-33-51(34-28-46)65(52-35-29-47(30-36-52)48-32-40-64-59(41-48)57-20-10-12-22-63(57)67-64)61-39-37-53(54-17-7-8-18-55(54)61)49-31-38-62-58(42-49)56-19-9-11-21-60(56)66(62)50-15-5-2-6-16-50/h1-42H. The van der Waals surface area contributed by atoms with Gasteiger partial charge in [0.25, 0.3) is 0 Å². The van der Waals surface area contributed by atoms with Gasteiger partial charge in [0.2, 0.25) is 0 Å². The lowest BCUT2D eigenvalue weighted by Gasteiger charge is -2.28. The summed E-state index contributed by atoms with van der Waals surface area (Å²) in [7, 11) is 0. The Labute approximate surface area is 393 Å². The molecule has 67 heavy (non-hydrogen) atoms. The Hall–Kier alpha value is -8.50. The molecule has 13 aromatic rings. The van der Waals surface area contributed by atoms with E-state index >= 15 is 0 Å². The number of benzene rings is 11. The zero-order valence-corrected chi connectivity index (χ0v) is 37.4. The van der Waals surface area contributed by atoms with E-state index in [0.29, 0.717) is 0 Å². The summed E-state index contributed by atoms with van der Waals surface area (Å²) in [5.41, 5.74) is 16.5. The molecule has 0 N–H and O–H groups in total. The maximum absolute atomic E-state index is 2.42. The van der Waals surface area contributed by atoms with Gasteiger partial charge in [-0.25, -0.2) is 0 Å². The van der Waals surface area contributed by atoms with E-state index in [1.807, 2.05) is 11.3 Å². The Morgan fingerprint density at radius 2 is 0.761 bits per heavy atom. The summed E-state index contributed by atoms with van der Waals surface area (Å²) in [5.74, 6) is 0. The summed E-state index contributed by atoms with van der Waals surface area (Å²) in [6.45, 7) is 0. The molecule has 0 saturated carbocycles. The molecule has 0 aliphatic carbocycles. The molecule has 0 amide bonds. The molecule has 0 unspecified atom stereocenters. The highest BCUT2D eigenvalue weighted by atomic mass is 32.1. The maximum atomic E-state index is 2.42. The number of rotatable bonds is 8. The molecule has 0 aliphatic heterocycles. The first-order valence-corrected chi connectivity index (χ1v) is 23.7. The van der Waals surface area contributed by atoms with Crippen molar-refractivity contribution in [3.63, 3.8) is 0 Å². The Morgan fingerprint density at radius 1 is 0.284 bits per heavy atom. The lowest BCUT2D eigenvalue weighted by Crippen LogP contribution is -2.10. The van der Waals surface area contributed by atoms with Crippen LogP contribution in [0.3, 0.4) is 0 Å². The first kappa shape index (κ1) is 38.9. The SMILES string of the molecule is c1ccc(-c2ccc(-c3ccc(N(c4ccc(-c5ccc6sc7ccccc7c6c5)cc4)c4ccc(-c5ccc6c(c5)c5ccccc5n6-c5ccccc5)c5ccccc45)cc3)cc2)cc1. The van der Waals surface area contributed by atoms with Gasteiger partial charge in [0.05, 0.1) is 16.7 Å². The van der Waals surface area contributed by atoms with Gasteiger partial charge in [-0.1, -0.05) is 176 Å². The third kappa shape index (κ3) is 6.79. The van der Waals surface area contributed by atoms with Crippen molar-refractivity contribution in [2.45, 2.75) is 0 Å². The number of thiophene rings is 1. The average Bonchev–Trinajstić information content (AvgIpc) is 3.95. The van der Waals surface area contributed by atoms with Gasteiger partial charge in [-0.2, -0.15) is 0 Å². The van der Waals surface area contributed by atoms with E-state index in [4.69, 9.17) is 0 Å². The van der Waals surface area contributed by atoms with Crippen LogP contribution in [0.4, 0.5) is 17.1 Å². The van der Waals surface area contributed by atoms with E-state index in [0.717, 1.165) is 22.7 Å². The molecule has 314 valence electrons. The van der Waals surface area contributed by atoms with Gasteiger partial charge in [-0.05, 0) is 129 Å². The molecule has 0 fully saturated rings. The van der Waals surface area contributed by atoms with Gasteiger partial charge in [0, 0.05) is 53.4 Å². The minimum absolute atomic E-state index is 1.09. The number of hydrogen-bond acceptors (Lipinski definition) is 2. The molecular weight excluding hydrogens is 829 g/mol. The van der Waals surface area contributed by atoms with Gasteiger partial charge < -0.3 is 9.47 Å². The molecule has 13 rings (SSSR count). The fourth-order valence-electron chi connectivity index (χ4n) is 10.2. The van der Waals surface area contributed by atoms with E-state index < -0.39 is 0 Å². The van der Waals surface area contributed by atoms with Crippen molar-refractivity contribution in [1.29, 1.82) is 0 Å². The summed E-state index contributed by atoms with van der Waals surface area (Å²) >= 11 is 1.86. The van der Waals surface area contributed by atoms with Crippen LogP contribution in [0.5, 0.6) is 0 Å². The van der Waals surface area contributed by atoms with Crippen molar-refractivity contribution in [2.75, 3.05) is 4.90 Å². The molecule has 2 nitrogen and oxygen atoms in total. The first-order valence-electron chi connectivity index (χ1n) is 22.9. The van der Waals surface area contributed by atoms with Crippen LogP contribution in [0.1, 0.15) is 0 Å². The third-order valence-electron chi connectivity index (χ3n) is 13.4. The number of para-hydroxylation sites is 2. The molecule has 0 radical (unpaired) electrons. The lowest BCUT2D eigenvalue weighted by molar-refractivity contribution is 1.18. The minimum atomic E-state index is 1.09. The normalized spacial score (nSPS) is 11.6. The quantitative estimate of drug-likeness (QED) is 0.148. The third-order valence-corrected chi connectivity index (χ3v) is 14.6. The molecule has 3 heteroatoms. The molecular formula is C64H42N2S. The van der Waals surface area contributed by atoms with Crippen molar-refractivity contribution >= 4 is 81.1 Å². The highest BCUT2D eigenvalue weighted by Crippen LogP contribution is 2.45. The number of nitrogens with zero attached hydrogens (tertiary/aromatic N) is 2. The van der Waals surface area contributed by atoms with Crippen molar-refractivity contribution in [1.82, 2.24) is 4.57 Å². The van der Waals surface area contributed by atoms with E-state index in [-0.39, 0.29) is 0 Å². The van der Waals surface area contributed by atoms with E-state index in [9.17, 15) is 0 Å². The molecule has 11 aromatic carbocycles. The van der Waals surface area contributed by atoms with Crippen molar-refractivity contribution in [3.05, 3.63) is 255 Å². The molecule has 2 aromatic heterocycles. The Balaban J connectivity index is 0.924. The number of fused-ring (bicyclic) bond motifs is 7. The van der Waals surface area contributed by atoms with Gasteiger partial charge in [0.15, 0.2) is 0 Å². The molecule has 2 heterocycles. The Morgan fingerprint density at radius 3 is 1.46 bits per heavy atom. The van der Waals surface area contributed by atoms with Crippen LogP contribution in [0.15, 0.2) is 255 Å². The second-order valence-corrected chi connectivity index (χ2v) is 18.4. The molecule has 0 spiro atoms. The topological polar surface area (TPSA) is 8.17 Å². The molecule has 0 bridgehead atoms. The smallest absolute Gasteiger partial charge is 0.0541 e. The monoisotopic (exact) mass is 870 g/mol. The number of hydrogen-bond donors (Lipinski definition) is 0. The minimum Gasteiger partial charge on any atom is -0.310 e. The summed E-state index contributed by atoms with van der Waals surface area (Å²) in [6, 6.07) is 93.2. The largest absolute Gasteiger partial charge is 0.310 e. The van der Waals surface area contributed by atoms with E-state index in [2.05, 4.69) is 264 Å². The Bertz CT molecular complexity index is 3940. The zero-order valence-electron chi connectivity index (χ0n) is 36.6. The molecule has 0 aliphatic rings.